The number of pyridine rings is 1. The van der Waals surface area contributed by atoms with E-state index in [1.54, 1.807) is 18.2 Å². The average Bonchev–Trinajstić information content (AvgIpc) is 2.52. The highest BCUT2D eigenvalue weighted by Gasteiger charge is 2.20. The van der Waals surface area contributed by atoms with E-state index in [1.807, 2.05) is 6.92 Å². The van der Waals surface area contributed by atoms with E-state index in [-0.39, 0.29) is 11.3 Å². The van der Waals surface area contributed by atoms with E-state index in [0.29, 0.717) is 10.7 Å². The van der Waals surface area contributed by atoms with Gasteiger partial charge in [0.1, 0.15) is 6.04 Å². The number of rotatable bonds is 4. The fraction of sp³-hybridized carbons (Fsp3) is 0.250. The normalized spacial score (nSPS) is 11.8. The fourth-order valence-electron chi connectivity index (χ4n) is 2.16. The van der Waals surface area contributed by atoms with Crippen LogP contribution in [0.2, 0.25) is 5.02 Å². The summed E-state index contributed by atoms with van der Waals surface area (Å²) in [5, 5.41) is 14.1. The van der Waals surface area contributed by atoms with Crippen LogP contribution in [0.5, 0.6) is 0 Å². The maximum atomic E-state index is 12.4. The standard InChI is InChI=1S/C16H16ClN3O4/c1-9-4-5-12(7-14(9)17)18-15(21)11(3)19-8-13(20(23)24)6-10(2)16(19)22/h4-8,11H,1-3H3,(H,18,21). The van der Waals surface area contributed by atoms with Crippen molar-refractivity contribution in [1.82, 2.24) is 4.57 Å². The predicted octanol–water partition coefficient (Wildman–Crippen LogP) is 3.23. The van der Waals surface area contributed by atoms with Crippen molar-refractivity contribution in [1.29, 1.82) is 0 Å². The first kappa shape index (κ1) is 17.7. The molecule has 0 aliphatic rings. The van der Waals surface area contributed by atoms with Gasteiger partial charge in [-0.3, -0.25) is 24.3 Å². The number of nitrogens with one attached hydrogen (secondary N) is 1. The van der Waals surface area contributed by atoms with E-state index in [1.165, 1.54) is 19.9 Å². The molecule has 126 valence electrons. The summed E-state index contributed by atoms with van der Waals surface area (Å²) < 4.78 is 1.05. The van der Waals surface area contributed by atoms with Crippen LogP contribution < -0.4 is 10.9 Å². The SMILES string of the molecule is Cc1ccc(NC(=O)C(C)n2cc([N+](=O)[O-])cc(C)c2=O)cc1Cl. The number of benzene rings is 1. The Morgan fingerprint density at radius 2 is 1.96 bits per heavy atom. The van der Waals surface area contributed by atoms with Crippen molar-refractivity contribution in [2.75, 3.05) is 5.32 Å². The highest BCUT2D eigenvalue weighted by molar-refractivity contribution is 6.31. The number of aromatic nitrogens is 1. The van der Waals surface area contributed by atoms with Crippen LogP contribution in [0.1, 0.15) is 24.1 Å². The molecular formula is C16H16ClN3O4. The topological polar surface area (TPSA) is 94.2 Å². The lowest BCUT2D eigenvalue weighted by molar-refractivity contribution is -0.385. The summed E-state index contributed by atoms with van der Waals surface area (Å²) in [6.07, 6.45) is 1.07. The van der Waals surface area contributed by atoms with Crippen molar-refractivity contribution >= 4 is 28.9 Å². The molecule has 0 radical (unpaired) electrons. The Bertz CT molecular complexity index is 876. The number of nitrogens with zero attached hydrogens (tertiary/aromatic N) is 2. The van der Waals surface area contributed by atoms with Gasteiger partial charge in [-0.1, -0.05) is 17.7 Å². The summed E-state index contributed by atoms with van der Waals surface area (Å²) in [5.74, 6) is -0.475. The molecule has 0 aliphatic heterocycles. The van der Waals surface area contributed by atoms with Crippen LogP contribution in [0.15, 0.2) is 35.3 Å². The smallest absolute Gasteiger partial charge is 0.286 e. The van der Waals surface area contributed by atoms with Gasteiger partial charge in [-0.05, 0) is 38.5 Å². The Morgan fingerprint density at radius 1 is 1.29 bits per heavy atom. The van der Waals surface area contributed by atoms with Gasteiger partial charge in [0.15, 0.2) is 0 Å². The molecule has 1 atom stereocenters. The summed E-state index contributed by atoms with van der Waals surface area (Å²) in [6.45, 7) is 4.80. The van der Waals surface area contributed by atoms with Crippen molar-refractivity contribution in [2.45, 2.75) is 26.8 Å². The first-order chi connectivity index (χ1) is 11.2. The van der Waals surface area contributed by atoms with Crippen LogP contribution in [-0.2, 0) is 4.79 Å². The van der Waals surface area contributed by atoms with Crippen LogP contribution in [0, 0.1) is 24.0 Å². The van der Waals surface area contributed by atoms with E-state index >= 15 is 0 Å². The lowest BCUT2D eigenvalue weighted by Crippen LogP contribution is -2.32. The summed E-state index contributed by atoms with van der Waals surface area (Å²) in [6, 6.07) is 5.31. The molecule has 0 aliphatic carbocycles. The van der Waals surface area contributed by atoms with E-state index in [9.17, 15) is 19.7 Å². The minimum absolute atomic E-state index is 0.197. The molecule has 7 nitrogen and oxygen atoms in total. The molecule has 1 aromatic carbocycles. The lowest BCUT2D eigenvalue weighted by Gasteiger charge is -2.16. The van der Waals surface area contributed by atoms with E-state index in [2.05, 4.69) is 5.32 Å². The highest BCUT2D eigenvalue weighted by atomic mass is 35.5. The van der Waals surface area contributed by atoms with Crippen LogP contribution in [0.4, 0.5) is 11.4 Å². The van der Waals surface area contributed by atoms with Crippen molar-refractivity contribution in [3.8, 4) is 0 Å². The van der Waals surface area contributed by atoms with Crippen LogP contribution in [0.25, 0.3) is 0 Å². The molecule has 2 aromatic rings. The second-order valence-corrected chi connectivity index (χ2v) is 5.89. The van der Waals surface area contributed by atoms with E-state index in [0.717, 1.165) is 16.3 Å². The Hall–Kier alpha value is -2.67. The number of hydrogen-bond acceptors (Lipinski definition) is 4. The number of carbonyl (C=O) groups excluding carboxylic acids is 1. The third-order valence-electron chi connectivity index (χ3n) is 3.65. The number of hydrogen-bond donors (Lipinski definition) is 1. The molecule has 1 aromatic heterocycles. The van der Waals surface area contributed by atoms with Gasteiger partial charge in [-0.2, -0.15) is 0 Å². The first-order valence-electron chi connectivity index (χ1n) is 7.15. The second-order valence-electron chi connectivity index (χ2n) is 5.48. The minimum Gasteiger partial charge on any atom is -0.324 e. The predicted molar refractivity (Wildman–Crippen MR) is 91.6 cm³/mol. The summed E-state index contributed by atoms with van der Waals surface area (Å²) in [4.78, 5) is 34.9. The zero-order valence-corrected chi connectivity index (χ0v) is 14.1. The third-order valence-corrected chi connectivity index (χ3v) is 4.06. The maximum absolute atomic E-state index is 12.4. The number of halogens is 1. The molecule has 8 heteroatoms. The minimum atomic E-state index is -0.920. The van der Waals surface area contributed by atoms with Crippen LogP contribution >= 0.6 is 11.6 Å². The molecule has 0 spiro atoms. The quantitative estimate of drug-likeness (QED) is 0.677. The molecule has 0 saturated carbocycles. The zero-order chi connectivity index (χ0) is 18.0. The Morgan fingerprint density at radius 3 is 2.54 bits per heavy atom. The number of carbonyl (C=O) groups is 1. The number of nitro groups is 1. The van der Waals surface area contributed by atoms with E-state index < -0.39 is 22.4 Å². The van der Waals surface area contributed by atoms with Crippen molar-refractivity contribution in [2.24, 2.45) is 0 Å². The van der Waals surface area contributed by atoms with Gasteiger partial charge in [0.05, 0.1) is 11.1 Å². The first-order valence-corrected chi connectivity index (χ1v) is 7.52. The molecule has 1 amide bonds. The Kier molecular flexibility index (Phi) is 5.04. The van der Waals surface area contributed by atoms with Gasteiger partial charge in [0, 0.05) is 22.3 Å². The van der Waals surface area contributed by atoms with Crippen molar-refractivity contribution < 1.29 is 9.72 Å². The van der Waals surface area contributed by atoms with Crippen LogP contribution in [0.3, 0.4) is 0 Å². The van der Waals surface area contributed by atoms with Gasteiger partial charge in [0.2, 0.25) is 5.91 Å². The molecule has 1 unspecified atom stereocenters. The lowest BCUT2D eigenvalue weighted by atomic mass is 10.2. The molecule has 0 fully saturated rings. The average molecular weight is 350 g/mol. The summed E-state index contributed by atoms with van der Waals surface area (Å²) in [5.41, 5.74) is 0.850. The summed E-state index contributed by atoms with van der Waals surface area (Å²) in [7, 11) is 0. The molecule has 2 rings (SSSR count). The van der Waals surface area contributed by atoms with Crippen molar-refractivity contribution in [3.05, 3.63) is 67.1 Å². The number of anilines is 1. The molecular weight excluding hydrogens is 334 g/mol. The van der Waals surface area contributed by atoms with Gasteiger partial charge in [-0.25, -0.2) is 0 Å². The number of aryl methyl sites for hydroxylation is 2. The van der Waals surface area contributed by atoms with Gasteiger partial charge in [-0.15, -0.1) is 0 Å². The van der Waals surface area contributed by atoms with Crippen LogP contribution in [-0.4, -0.2) is 15.4 Å². The van der Waals surface area contributed by atoms with Gasteiger partial charge >= 0.3 is 0 Å². The fourth-order valence-corrected chi connectivity index (χ4v) is 2.34. The van der Waals surface area contributed by atoms with E-state index in [4.69, 9.17) is 11.6 Å². The molecule has 0 bridgehead atoms. The largest absolute Gasteiger partial charge is 0.324 e. The molecule has 1 N–H and O–H groups in total. The zero-order valence-electron chi connectivity index (χ0n) is 13.4. The van der Waals surface area contributed by atoms with Gasteiger partial charge < -0.3 is 5.32 Å². The third kappa shape index (κ3) is 3.62. The monoisotopic (exact) mass is 349 g/mol. The van der Waals surface area contributed by atoms with Crippen molar-refractivity contribution in [3.63, 3.8) is 0 Å². The molecule has 1 heterocycles. The second kappa shape index (κ2) is 6.84. The summed E-state index contributed by atoms with van der Waals surface area (Å²) >= 11 is 6.01. The number of amides is 1. The Balaban J connectivity index is 2.32. The maximum Gasteiger partial charge on any atom is 0.286 e. The highest BCUT2D eigenvalue weighted by Crippen LogP contribution is 2.21. The molecule has 0 saturated heterocycles. The van der Waals surface area contributed by atoms with Gasteiger partial charge in [0.25, 0.3) is 11.2 Å². The Labute approximate surface area is 143 Å². The molecule has 24 heavy (non-hydrogen) atoms.